The van der Waals surface area contributed by atoms with Crippen molar-refractivity contribution in [2.24, 2.45) is 0 Å². The summed E-state index contributed by atoms with van der Waals surface area (Å²) in [7, 11) is -1.13. The Morgan fingerprint density at radius 1 is 0.560 bits per heavy atom. The van der Waals surface area contributed by atoms with Gasteiger partial charge < -0.3 is 0 Å². The Hall–Kier alpha value is -1.61. The minimum absolute atomic E-state index is 0.128. The fourth-order valence-electron chi connectivity index (χ4n) is 2.23. The van der Waals surface area contributed by atoms with Gasteiger partial charge in [-0.15, -0.1) is 0 Å². The van der Waals surface area contributed by atoms with Gasteiger partial charge in [-0.1, -0.05) is 0 Å². The Balaban J connectivity index is 2.21. The molecule has 0 amide bonds. The quantitative estimate of drug-likeness (QED) is 0.185. The number of hydrogen-bond donors (Lipinski definition) is 0. The van der Waals surface area contributed by atoms with Gasteiger partial charge in [-0.2, -0.15) is 0 Å². The van der Waals surface area contributed by atoms with Crippen LogP contribution in [0.3, 0.4) is 0 Å². The van der Waals surface area contributed by atoms with E-state index in [9.17, 15) is 22.0 Å². The van der Waals surface area contributed by atoms with E-state index in [1.165, 1.54) is 6.07 Å². The normalized spacial score (nSPS) is 12.2. The van der Waals surface area contributed by atoms with Crippen molar-refractivity contribution in [1.29, 1.82) is 0 Å². The number of halogens is 6. The number of benzene rings is 3. The van der Waals surface area contributed by atoms with Crippen molar-refractivity contribution < 1.29 is 22.0 Å². The van der Waals surface area contributed by atoms with Crippen LogP contribution in [0.25, 0.3) is 0 Å². The van der Waals surface area contributed by atoms with Crippen molar-refractivity contribution in [1.82, 2.24) is 0 Å². The minimum Gasteiger partial charge on any atom is -0.204 e. The molecule has 3 aromatic carbocycles. The number of rotatable bonds is 3. The lowest BCUT2D eigenvalue weighted by Crippen LogP contribution is -2.08. The van der Waals surface area contributed by atoms with Crippen molar-refractivity contribution in [3.63, 3.8) is 0 Å². The van der Waals surface area contributed by atoms with Gasteiger partial charge in [0.25, 0.3) is 0 Å². The second-order valence-corrected chi connectivity index (χ2v) is 8.31. The van der Waals surface area contributed by atoms with Crippen LogP contribution in [-0.2, 0) is 10.9 Å². The van der Waals surface area contributed by atoms with Gasteiger partial charge in [-0.3, -0.25) is 0 Å². The molecule has 0 aromatic heterocycles. The zero-order valence-corrected chi connectivity index (χ0v) is 15.3. The molecule has 1 unspecified atom stereocenters. The summed E-state index contributed by atoms with van der Waals surface area (Å²) in [5.41, 5.74) is 0. The zero-order valence-electron chi connectivity index (χ0n) is 12.4. The van der Waals surface area contributed by atoms with Crippen molar-refractivity contribution >= 4 is 33.5 Å². The first kappa shape index (κ1) is 18.2. The molecule has 0 spiro atoms. The second kappa shape index (κ2) is 7.33. The van der Waals surface area contributed by atoms with Gasteiger partial charge in [0.05, 0.1) is 10.9 Å². The molecule has 0 aliphatic heterocycles. The second-order valence-electron chi connectivity index (χ2n) is 5.04. The highest BCUT2D eigenvalue weighted by Crippen LogP contribution is 2.33. The predicted octanol–water partition coefficient (Wildman–Crippen LogP) is 6.08. The van der Waals surface area contributed by atoms with Gasteiger partial charge in [0.2, 0.25) is 0 Å². The topological polar surface area (TPSA) is 0 Å². The van der Waals surface area contributed by atoms with E-state index in [1.807, 2.05) is 0 Å². The molecule has 128 valence electrons. The average Bonchev–Trinajstić information content (AvgIpc) is 2.58. The molecule has 0 fully saturated rings. The first-order chi connectivity index (χ1) is 11.9. The SMILES string of the molecule is Fc1ccc([S+](c2ccc(I)cc2)c2cc(F)c(F)c(F)c2)cc1F. The Kier molecular flexibility index (Phi) is 5.33. The average molecular weight is 479 g/mol. The van der Waals surface area contributed by atoms with Crippen molar-refractivity contribution in [3.8, 4) is 0 Å². The Morgan fingerprint density at radius 2 is 1.08 bits per heavy atom. The van der Waals surface area contributed by atoms with Crippen LogP contribution in [-0.4, -0.2) is 0 Å². The molecule has 0 aliphatic carbocycles. The van der Waals surface area contributed by atoms with Gasteiger partial charge in [0.15, 0.2) is 43.8 Å². The van der Waals surface area contributed by atoms with E-state index in [1.54, 1.807) is 24.3 Å². The molecule has 0 heterocycles. The fourth-order valence-corrected chi connectivity index (χ4v) is 4.69. The predicted molar refractivity (Wildman–Crippen MR) is 94.0 cm³/mol. The van der Waals surface area contributed by atoms with Gasteiger partial charge in [-0.05, 0) is 59.0 Å². The van der Waals surface area contributed by atoms with Crippen LogP contribution in [0.1, 0.15) is 0 Å². The van der Waals surface area contributed by atoms with Crippen LogP contribution in [0, 0.1) is 32.7 Å². The highest BCUT2D eigenvalue weighted by atomic mass is 127. The standard InChI is InChI=1S/C18H9F5IS/c19-14-6-5-12(7-15(14)20)25(11-3-1-10(24)2-4-11)13-8-16(21)18(23)17(22)9-13/h1-9H/q+1. The van der Waals surface area contributed by atoms with E-state index >= 15 is 0 Å². The maximum Gasteiger partial charge on any atom is 0.194 e. The van der Waals surface area contributed by atoms with E-state index in [2.05, 4.69) is 22.6 Å². The summed E-state index contributed by atoms with van der Waals surface area (Å²) in [6.07, 6.45) is 0. The van der Waals surface area contributed by atoms with E-state index in [-0.39, 0.29) is 4.90 Å². The minimum atomic E-state index is -1.57. The van der Waals surface area contributed by atoms with Crippen LogP contribution in [0.4, 0.5) is 22.0 Å². The third-order valence-electron chi connectivity index (χ3n) is 3.37. The number of hydrogen-bond acceptors (Lipinski definition) is 0. The highest BCUT2D eigenvalue weighted by molar-refractivity contribution is 14.1. The Morgan fingerprint density at radius 3 is 1.64 bits per heavy atom. The third-order valence-corrected chi connectivity index (χ3v) is 6.26. The highest BCUT2D eigenvalue weighted by Gasteiger charge is 2.32. The van der Waals surface area contributed by atoms with E-state index in [0.29, 0.717) is 9.79 Å². The monoisotopic (exact) mass is 479 g/mol. The molecule has 0 radical (unpaired) electrons. The molecule has 0 saturated carbocycles. The largest absolute Gasteiger partial charge is 0.204 e. The van der Waals surface area contributed by atoms with Gasteiger partial charge in [0, 0.05) is 21.8 Å². The molecule has 0 N–H and O–H groups in total. The maximum absolute atomic E-state index is 13.7. The van der Waals surface area contributed by atoms with Crippen LogP contribution in [0.15, 0.2) is 69.3 Å². The molecule has 7 heteroatoms. The van der Waals surface area contributed by atoms with Gasteiger partial charge >= 0.3 is 0 Å². The molecule has 3 rings (SSSR count). The summed E-state index contributed by atoms with van der Waals surface area (Å²) in [5, 5.41) is 0. The summed E-state index contributed by atoms with van der Waals surface area (Å²) < 4.78 is 68.6. The lowest BCUT2D eigenvalue weighted by molar-refractivity contribution is 0.443. The van der Waals surface area contributed by atoms with Crippen LogP contribution < -0.4 is 0 Å². The maximum atomic E-state index is 13.7. The molecule has 0 bridgehead atoms. The molecule has 3 aromatic rings. The Bertz CT molecular complexity index is 904. The summed E-state index contributed by atoms with van der Waals surface area (Å²) in [6.45, 7) is 0. The molecular formula is C18H9F5IS+. The van der Waals surface area contributed by atoms with Crippen LogP contribution in [0.2, 0.25) is 0 Å². The van der Waals surface area contributed by atoms with Crippen molar-refractivity contribution in [2.75, 3.05) is 0 Å². The van der Waals surface area contributed by atoms with Crippen LogP contribution in [0.5, 0.6) is 0 Å². The third kappa shape index (κ3) is 3.82. The van der Waals surface area contributed by atoms with Gasteiger partial charge in [-0.25, -0.2) is 22.0 Å². The van der Waals surface area contributed by atoms with Crippen molar-refractivity contribution in [2.45, 2.75) is 14.7 Å². The van der Waals surface area contributed by atoms with E-state index in [0.717, 1.165) is 27.8 Å². The lowest BCUT2D eigenvalue weighted by Gasteiger charge is -2.09. The summed E-state index contributed by atoms with van der Waals surface area (Å²) in [4.78, 5) is 1.09. The molecule has 1 atom stereocenters. The first-order valence-electron chi connectivity index (χ1n) is 6.96. The zero-order chi connectivity index (χ0) is 18.1. The fraction of sp³-hybridized carbons (Fsp3) is 0. The summed E-state index contributed by atoms with van der Waals surface area (Å²) in [6, 6.07) is 12.1. The smallest absolute Gasteiger partial charge is 0.194 e. The summed E-state index contributed by atoms with van der Waals surface area (Å²) in [5.74, 6) is -6.32. The molecule has 25 heavy (non-hydrogen) atoms. The molecule has 0 nitrogen and oxygen atoms in total. The van der Waals surface area contributed by atoms with E-state index in [4.69, 9.17) is 0 Å². The summed E-state index contributed by atoms with van der Waals surface area (Å²) >= 11 is 2.10. The van der Waals surface area contributed by atoms with Gasteiger partial charge in [0.1, 0.15) is 0 Å². The molecule has 0 aliphatic rings. The Labute approximate surface area is 157 Å². The molecular weight excluding hydrogens is 470 g/mol. The lowest BCUT2D eigenvalue weighted by atomic mass is 10.3. The van der Waals surface area contributed by atoms with Crippen LogP contribution >= 0.6 is 22.6 Å². The van der Waals surface area contributed by atoms with Crippen molar-refractivity contribution in [3.05, 3.63) is 87.3 Å². The van der Waals surface area contributed by atoms with E-state index < -0.39 is 40.0 Å². The first-order valence-corrected chi connectivity index (χ1v) is 9.26. The molecule has 0 saturated heterocycles.